The van der Waals surface area contributed by atoms with Crippen LogP contribution in [0, 0.1) is 0 Å². The van der Waals surface area contributed by atoms with Gasteiger partial charge < -0.3 is 10.0 Å². The van der Waals surface area contributed by atoms with Crippen LogP contribution in [0.3, 0.4) is 0 Å². The average molecular weight is 295 g/mol. The zero-order valence-corrected chi connectivity index (χ0v) is 13.0. The van der Waals surface area contributed by atoms with Crippen molar-refractivity contribution >= 4 is 17.3 Å². The predicted molar refractivity (Wildman–Crippen MR) is 83.5 cm³/mol. The van der Waals surface area contributed by atoms with E-state index in [4.69, 9.17) is 11.6 Å². The Balaban J connectivity index is 1.82. The number of anilines is 1. The highest BCUT2D eigenvalue weighted by Gasteiger charge is 2.35. The van der Waals surface area contributed by atoms with Gasteiger partial charge in [0.15, 0.2) is 0 Å². The molecule has 1 N–H and O–H groups in total. The van der Waals surface area contributed by atoms with Gasteiger partial charge in [-0.2, -0.15) is 0 Å². The van der Waals surface area contributed by atoms with Crippen molar-refractivity contribution in [2.24, 2.45) is 0 Å². The summed E-state index contributed by atoms with van der Waals surface area (Å²) in [4.78, 5) is 4.95. The Morgan fingerprint density at radius 3 is 2.70 bits per heavy atom. The highest BCUT2D eigenvalue weighted by Crippen LogP contribution is 2.34. The van der Waals surface area contributed by atoms with E-state index in [1.807, 2.05) is 12.1 Å². The SMILES string of the molecule is C[C@H](O)c1ccc(N2CCC3CCC(C2)N3C)c(Cl)c1. The van der Waals surface area contributed by atoms with E-state index in [1.165, 1.54) is 19.3 Å². The molecule has 3 atom stereocenters. The lowest BCUT2D eigenvalue weighted by Crippen LogP contribution is -2.36. The molecule has 110 valence electrons. The summed E-state index contributed by atoms with van der Waals surface area (Å²) < 4.78 is 0. The average Bonchev–Trinajstić information content (AvgIpc) is 2.64. The van der Waals surface area contributed by atoms with Crippen molar-refractivity contribution in [3.05, 3.63) is 28.8 Å². The van der Waals surface area contributed by atoms with Gasteiger partial charge in [-0.1, -0.05) is 17.7 Å². The Hall–Kier alpha value is -0.770. The predicted octanol–water partition coefficient (Wildman–Crippen LogP) is 3.07. The Kier molecular flexibility index (Phi) is 3.93. The van der Waals surface area contributed by atoms with Crippen LogP contribution in [0.2, 0.25) is 5.02 Å². The molecular weight excluding hydrogens is 272 g/mol. The van der Waals surface area contributed by atoms with Crippen molar-refractivity contribution < 1.29 is 5.11 Å². The summed E-state index contributed by atoms with van der Waals surface area (Å²) in [5.74, 6) is 0. The summed E-state index contributed by atoms with van der Waals surface area (Å²) in [6.45, 7) is 3.89. The van der Waals surface area contributed by atoms with Gasteiger partial charge in [-0.25, -0.2) is 0 Å². The molecular formula is C16H23ClN2O. The number of fused-ring (bicyclic) bond motifs is 2. The van der Waals surface area contributed by atoms with Crippen LogP contribution in [0.5, 0.6) is 0 Å². The number of nitrogens with zero attached hydrogens (tertiary/aromatic N) is 2. The molecule has 0 spiro atoms. The van der Waals surface area contributed by atoms with Gasteiger partial charge in [0.1, 0.15) is 0 Å². The lowest BCUT2D eigenvalue weighted by Gasteiger charge is -2.28. The molecule has 2 heterocycles. The molecule has 0 aliphatic carbocycles. The first-order valence-electron chi connectivity index (χ1n) is 7.50. The zero-order valence-electron chi connectivity index (χ0n) is 12.2. The van der Waals surface area contributed by atoms with Crippen LogP contribution >= 0.6 is 11.6 Å². The van der Waals surface area contributed by atoms with Crippen LogP contribution in [0.15, 0.2) is 18.2 Å². The molecule has 0 saturated carbocycles. The molecule has 3 nitrogen and oxygen atoms in total. The molecule has 3 rings (SSSR count). The Bertz CT molecular complexity index is 491. The second-order valence-electron chi connectivity index (χ2n) is 6.17. The van der Waals surface area contributed by atoms with Gasteiger partial charge in [0.2, 0.25) is 0 Å². The first-order valence-corrected chi connectivity index (χ1v) is 7.88. The first-order chi connectivity index (χ1) is 9.56. The number of hydrogen-bond acceptors (Lipinski definition) is 3. The van der Waals surface area contributed by atoms with E-state index in [2.05, 4.69) is 22.9 Å². The minimum absolute atomic E-state index is 0.465. The maximum Gasteiger partial charge on any atom is 0.0762 e. The molecule has 0 amide bonds. The summed E-state index contributed by atoms with van der Waals surface area (Å²) in [5.41, 5.74) is 1.99. The Morgan fingerprint density at radius 1 is 1.25 bits per heavy atom. The molecule has 1 aromatic carbocycles. The fraction of sp³-hybridized carbons (Fsp3) is 0.625. The van der Waals surface area contributed by atoms with Gasteiger partial charge in [-0.3, -0.25) is 4.90 Å². The number of aliphatic hydroxyl groups excluding tert-OH is 1. The lowest BCUT2D eigenvalue weighted by molar-refractivity contribution is 0.199. The molecule has 0 radical (unpaired) electrons. The molecule has 0 aromatic heterocycles. The van der Waals surface area contributed by atoms with Crippen molar-refractivity contribution in [1.82, 2.24) is 4.90 Å². The van der Waals surface area contributed by atoms with Crippen LogP contribution in [0.25, 0.3) is 0 Å². The highest BCUT2D eigenvalue weighted by atomic mass is 35.5. The Labute approximate surface area is 126 Å². The van der Waals surface area contributed by atoms with Crippen molar-refractivity contribution in [2.75, 3.05) is 25.0 Å². The van der Waals surface area contributed by atoms with Crippen LogP contribution < -0.4 is 4.90 Å². The first kappa shape index (κ1) is 14.2. The van der Waals surface area contributed by atoms with E-state index in [9.17, 15) is 5.11 Å². The number of aliphatic hydroxyl groups is 1. The summed E-state index contributed by atoms with van der Waals surface area (Å²) in [6.07, 6.45) is 3.37. The number of benzene rings is 1. The standard InChI is InChI=1S/C16H23ClN2O/c1-11(20)12-3-6-16(15(17)9-12)19-8-7-13-4-5-14(10-19)18(13)2/h3,6,9,11,13-14,20H,4-5,7-8,10H2,1-2H3/t11-,13?,14?/m0/s1. The van der Waals surface area contributed by atoms with Gasteiger partial charge in [-0.15, -0.1) is 0 Å². The van der Waals surface area contributed by atoms with Crippen molar-refractivity contribution in [3.63, 3.8) is 0 Å². The second kappa shape index (κ2) is 5.55. The maximum atomic E-state index is 9.64. The van der Waals surface area contributed by atoms with Gasteiger partial charge in [-0.05, 0) is 50.9 Å². The number of hydrogen-bond donors (Lipinski definition) is 1. The smallest absolute Gasteiger partial charge is 0.0762 e. The topological polar surface area (TPSA) is 26.7 Å². The molecule has 2 fully saturated rings. The van der Waals surface area contributed by atoms with Gasteiger partial charge >= 0.3 is 0 Å². The summed E-state index contributed by atoms with van der Waals surface area (Å²) in [5, 5.41) is 10.4. The summed E-state index contributed by atoms with van der Waals surface area (Å²) in [7, 11) is 2.25. The van der Waals surface area contributed by atoms with Crippen LogP contribution in [0.1, 0.15) is 37.9 Å². The molecule has 20 heavy (non-hydrogen) atoms. The third-order valence-electron chi connectivity index (χ3n) is 4.94. The van der Waals surface area contributed by atoms with Crippen molar-refractivity contribution in [2.45, 2.75) is 44.4 Å². The molecule has 2 aliphatic heterocycles. The van der Waals surface area contributed by atoms with Crippen molar-refractivity contribution in [1.29, 1.82) is 0 Å². The third kappa shape index (κ3) is 2.54. The highest BCUT2D eigenvalue weighted by molar-refractivity contribution is 6.33. The fourth-order valence-electron chi connectivity index (χ4n) is 3.57. The second-order valence-corrected chi connectivity index (χ2v) is 6.58. The minimum Gasteiger partial charge on any atom is -0.389 e. The minimum atomic E-state index is -0.465. The molecule has 1 aromatic rings. The zero-order chi connectivity index (χ0) is 14.3. The molecule has 2 aliphatic rings. The summed E-state index contributed by atoms with van der Waals surface area (Å²) >= 11 is 6.43. The van der Waals surface area contributed by atoms with Crippen LogP contribution in [0.4, 0.5) is 5.69 Å². The maximum absolute atomic E-state index is 9.64. The van der Waals surface area contributed by atoms with Gasteiger partial charge in [0, 0.05) is 25.2 Å². The third-order valence-corrected chi connectivity index (χ3v) is 5.25. The van der Waals surface area contributed by atoms with E-state index < -0.39 is 6.10 Å². The number of likely N-dealkylation sites (N-methyl/N-ethyl adjacent to an activating group) is 1. The van der Waals surface area contributed by atoms with Gasteiger partial charge in [0.05, 0.1) is 16.8 Å². The lowest BCUT2D eigenvalue weighted by atomic mass is 10.1. The Morgan fingerprint density at radius 2 is 2.00 bits per heavy atom. The van der Waals surface area contributed by atoms with Crippen molar-refractivity contribution in [3.8, 4) is 0 Å². The van der Waals surface area contributed by atoms with E-state index in [1.54, 1.807) is 6.92 Å². The summed E-state index contributed by atoms with van der Waals surface area (Å²) in [6, 6.07) is 7.33. The number of halogens is 1. The molecule has 2 unspecified atom stereocenters. The molecule has 2 saturated heterocycles. The van der Waals surface area contributed by atoms with E-state index in [0.29, 0.717) is 6.04 Å². The van der Waals surface area contributed by atoms with E-state index in [-0.39, 0.29) is 0 Å². The van der Waals surface area contributed by atoms with Gasteiger partial charge in [0.25, 0.3) is 0 Å². The van der Waals surface area contributed by atoms with E-state index in [0.717, 1.165) is 35.4 Å². The largest absolute Gasteiger partial charge is 0.389 e. The fourth-order valence-corrected chi connectivity index (χ4v) is 3.88. The van der Waals surface area contributed by atoms with E-state index >= 15 is 0 Å². The quantitative estimate of drug-likeness (QED) is 0.908. The number of rotatable bonds is 2. The molecule has 2 bridgehead atoms. The van der Waals surface area contributed by atoms with Crippen LogP contribution in [-0.4, -0.2) is 42.2 Å². The normalized spacial score (nSPS) is 28.5. The molecule has 4 heteroatoms. The van der Waals surface area contributed by atoms with Crippen LogP contribution in [-0.2, 0) is 0 Å². The monoisotopic (exact) mass is 294 g/mol.